The number of rotatable bonds is 2. The van der Waals surface area contributed by atoms with E-state index in [4.69, 9.17) is 10.5 Å². The van der Waals surface area contributed by atoms with E-state index < -0.39 is 0 Å². The topological polar surface area (TPSA) is 38.5 Å². The first-order valence-corrected chi connectivity index (χ1v) is 7.11. The van der Waals surface area contributed by atoms with Crippen LogP contribution in [-0.4, -0.2) is 26.3 Å². The largest absolute Gasteiger partial charge is 0.378 e. The summed E-state index contributed by atoms with van der Waals surface area (Å²) in [5.74, 6) is -0.156. The molecule has 2 fully saturated rings. The molecule has 0 amide bonds. The van der Waals surface area contributed by atoms with Gasteiger partial charge in [-0.25, -0.2) is 4.39 Å². The van der Waals surface area contributed by atoms with Gasteiger partial charge in [0.25, 0.3) is 0 Å². The quantitative estimate of drug-likeness (QED) is 0.891. The molecule has 19 heavy (non-hydrogen) atoms. The summed E-state index contributed by atoms with van der Waals surface area (Å²) in [5.41, 5.74) is 7.68. The molecule has 0 spiro atoms. The summed E-state index contributed by atoms with van der Waals surface area (Å²) in [6.07, 6.45) is 4.21. The van der Waals surface area contributed by atoms with Crippen molar-refractivity contribution in [1.82, 2.24) is 0 Å². The molecule has 2 aliphatic rings. The highest BCUT2D eigenvalue weighted by atomic mass is 19.1. The van der Waals surface area contributed by atoms with Crippen LogP contribution in [0.25, 0.3) is 0 Å². The maximum atomic E-state index is 14.3. The Morgan fingerprint density at radius 3 is 2.47 bits per heavy atom. The molecule has 1 aliphatic carbocycles. The second-order valence-electron chi connectivity index (χ2n) is 5.63. The predicted octanol–water partition coefficient (Wildman–Crippen LogP) is 2.39. The van der Waals surface area contributed by atoms with Crippen LogP contribution < -0.4 is 10.6 Å². The number of hydrogen-bond acceptors (Lipinski definition) is 3. The molecule has 0 radical (unpaired) electrons. The van der Waals surface area contributed by atoms with Gasteiger partial charge >= 0.3 is 0 Å². The van der Waals surface area contributed by atoms with Crippen LogP contribution in [0.5, 0.6) is 0 Å². The van der Waals surface area contributed by atoms with Gasteiger partial charge in [-0.3, -0.25) is 0 Å². The Hall–Kier alpha value is -1.13. The van der Waals surface area contributed by atoms with Crippen LogP contribution in [0.2, 0.25) is 0 Å². The summed E-state index contributed by atoms with van der Waals surface area (Å²) in [4.78, 5) is 2.04. The van der Waals surface area contributed by atoms with Crippen LogP contribution in [0.1, 0.15) is 31.2 Å². The minimum atomic E-state index is -0.315. The lowest BCUT2D eigenvalue weighted by molar-refractivity contribution is 0.122. The van der Waals surface area contributed by atoms with Gasteiger partial charge in [0.05, 0.1) is 18.9 Å². The number of nitrogens with zero attached hydrogens (tertiary/aromatic N) is 1. The van der Waals surface area contributed by atoms with Crippen molar-refractivity contribution in [2.45, 2.75) is 31.2 Å². The molecule has 104 valence electrons. The zero-order valence-corrected chi connectivity index (χ0v) is 11.2. The zero-order valence-electron chi connectivity index (χ0n) is 11.2. The van der Waals surface area contributed by atoms with Gasteiger partial charge < -0.3 is 15.4 Å². The lowest BCUT2D eigenvalue weighted by Gasteiger charge is -2.30. The summed E-state index contributed by atoms with van der Waals surface area (Å²) in [5, 5.41) is 0. The Morgan fingerprint density at radius 1 is 1.16 bits per heavy atom. The molecule has 1 saturated carbocycles. The van der Waals surface area contributed by atoms with Gasteiger partial charge in [-0.05, 0) is 30.5 Å². The summed E-state index contributed by atoms with van der Waals surface area (Å²) in [6, 6.07) is 5.51. The number of morpholine rings is 1. The third-order valence-corrected chi connectivity index (χ3v) is 4.37. The SMILES string of the molecule is NC1(c2ccc(N3CCOCC3)c(F)c2)CCCC1. The average molecular weight is 264 g/mol. The summed E-state index contributed by atoms with van der Waals surface area (Å²) in [6.45, 7) is 2.85. The van der Waals surface area contributed by atoms with Gasteiger partial charge in [-0.2, -0.15) is 0 Å². The molecule has 1 aliphatic heterocycles. The molecule has 0 unspecified atom stereocenters. The molecular formula is C15H21FN2O. The van der Waals surface area contributed by atoms with Gasteiger partial charge in [-0.15, -0.1) is 0 Å². The number of hydrogen-bond donors (Lipinski definition) is 1. The van der Waals surface area contributed by atoms with Crippen LogP contribution in [0.3, 0.4) is 0 Å². The summed E-state index contributed by atoms with van der Waals surface area (Å²) >= 11 is 0. The van der Waals surface area contributed by atoms with E-state index in [1.165, 1.54) is 0 Å². The highest BCUT2D eigenvalue weighted by Gasteiger charge is 2.32. The number of halogens is 1. The first-order chi connectivity index (χ1) is 9.19. The highest BCUT2D eigenvalue weighted by Crippen LogP contribution is 2.37. The van der Waals surface area contributed by atoms with Crippen molar-refractivity contribution in [3.8, 4) is 0 Å². The third-order valence-electron chi connectivity index (χ3n) is 4.37. The van der Waals surface area contributed by atoms with Crippen LogP contribution >= 0.6 is 0 Å². The van der Waals surface area contributed by atoms with Crippen molar-refractivity contribution < 1.29 is 9.13 Å². The molecule has 0 aromatic heterocycles. The Kier molecular flexibility index (Phi) is 3.46. The second kappa shape index (κ2) is 5.10. The summed E-state index contributed by atoms with van der Waals surface area (Å²) in [7, 11) is 0. The minimum Gasteiger partial charge on any atom is -0.378 e. The smallest absolute Gasteiger partial charge is 0.146 e. The Labute approximate surface area is 113 Å². The van der Waals surface area contributed by atoms with E-state index in [0.717, 1.165) is 44.3 Å². The van der Waals surface area contributed by atoms with Crippen LogP contribution in [0.15, 0.2) is 18.2 Å². The third kappa shape index (κ3) is 2.47. The van der Waals surface area contributed by atoms with Crippen molar-refractivity contribution in [2.75, 3.05) is 31.2 Å². The van der Waals surface area contributed by atoms with Crippen molar-refractivity contribution in [3.05, 3.63) is 29.6 Å². The average Bonchev–Trinajstić information content (AvgIpc) is 2.88. The van der Waals surface area contributed by atoms with Gasteiger partial charge in [0.15, 0.2) is 0 Å². The molecule has 3 rings (SSSR count). The van der Waals surface area contributed by atoms with E-state index >= 15 is 0 Å². The lowest BCUT2D eigenvalue weighted by atomic mass is 9.89. The van der Waals surface area contributed by atoms with Crippen LogP contribution in [0, 0.1) is 5.82 Å². The Balaban J connectivity index is 1.85. The molecule has 1 saturated heterocycles. The minimum absolute atomic E-state index is 0.156. The van der Waals surface area contributed by atoms with Gasteiger partial charge in [-0.1, -0.05) is 18.9 Å². The number of anilines is 1. The first-order valence-electron chi connectivity index (χ1n) is 7.11. The lowest BCUT2D eigenvalue weighted by Crippen LogP contribution is -2.37. The zero-order chi connectivity index (χ0) is 13.3. The van der Waals surface area contributed by atoms with Crippen LogP contribution in [-0.2, 0) is 10.3 Å². The molecular weight excluding hydrogens is 243 g/mol. The first kappa shape index (κ1) is 12.9. The Bertz CT molecular complexity index is 451. The monoisotopic (exact) mass is 264 g/mol. The van der Waals surface area contributed by atoms with Crippen molar-refractivity contribution in [1.29, 1.82) is 0 Å². The molecule has 1 heterocycles. The van der Waals surface area contributed by atoms with E-state index in [1.807, 2.05) is 17.0 Å². The van der Waals surface area contributed by atoms with E-state index in [9.17, 15) is 4.39 Å². The highest BCUT2D eigenvalue weighted by molar-refractivity contribution is 5.50. The molecule has 0 atom stereocenters. The fraction of sp³-hybridized carbons (Fsp3) is 0.600. The molecule has 2 N–H and O–H groups in total. The molecule has 3 nitrogen and oxygen atoms in total. The normalized spacial score (nSPS) is 22.7. The molecule has 4 heteroatoms. The van der Waals surface area contributed by atoms with Crippen molar-refractivity contribution >= 4 is 5.69 Å². The fourth-order valence-electron chi connectivity index (χ4n) is 3.17. The van der Waals surface area contributed by atoms with Crippen molar-refractivity contribution in [2.24, 2.45) is 5.73 Å². The molecule has 1 aromatic rings. The number of ether oxygens (including phenoxy) is 1. The number of nitrogens with two attached hydrogens (primary N) is 1. The maximum Gasteiger partial charge on any atom is 0.146 e. The maximum absolute atomic E-state index is 14.3. The Morgan fingerprint density at radius 2 is 1.84 bits per heavy atom. The molecule has 0 bridgehead atoms. The predicted molar refractivity (Wildman–Crippen MR) is 73.8 cm³/mol. The van der Waals surface area contributed by atoms with Crippen LogP contribution in [0.4, 0.5) is 10.1 Å². The van der Waals surface area contributed by atoms with Gasteiger partial charge in [0.1, 0.15) is 5.82 Å². The van der Waals surface area contributed by atoms with Gasteiger partial charge in [0, 0.05) is 18.6 Å². The van der Waals surface area contributed by atoms with Gasteiger partial charge in [0.2, 0.25) is 0 Å². The molecule has 1 aromatic carbocycles. The van der Waals surface area contributed by atoms with Crippen molar-refractivity contribution in [3.63, 3.8) is 0 Å². The number of benzene rings is 1. The summed E-state index contributed by atoms with van der Waals surface area (Å²) < 4.78 is 19.6. The fourth-order valence-corrected chi connectivity index (χ4v) is 3.17. The standard InChI is InChI=1S/C15H21FN2O/c16-13-11-12(15(17)5-1-2-6-15)3-4-14(13)18-7-9-19-10-8-18/h3-4,11H,1-2,5-10,17H2. The van der Waals surface area contributed by atoms with E-state index in [-0.39, 0.29) is 11.4 Å². The van der Waals surface area contributed by atoms with E-state index in [2.05, 4.69) is 0 Å². The second-order valence-corrected chi connectivity index (χ2v) is 5.63. The van der Waals surface area contributed by atoms with E-state index in [0.29, 0.717) is 18.9 Å². The van der Waals surface area contributed by atoms with E-state index in [1.54, 1.807) is 6.07 Å².